The minimum atomic E-state index is -0.929. The van der Waals surface area contributed by atoms with E-state index in [1.165, 1.54) is 18.2 Å². The molecule has 0 aromatic heterocycles. The minimum absolute atomic E-state index is 0.120. The van der Waals surface area contributed by atoms with Gasteiger partial charge in [-0.25, -0.2) is 4.39 Å². The SMILES string of the molecule is CC1(NC(=O)CNC(=O)c2cccc(F)c2)CCCCC1C(=O)O. The first-order valence-electron chi connectivity index (χ1n) is 7.89. The molecule has 0 radical (unpaired) electrons. The lowest BCUT2D eigenvalue weighted by atomic mass is 9.74. The summed E-state index contributed by atoms with van der Waals surface area (Å²) >= 11 is 0. The highest BCUT2D eigenvalue weighted by Crippen LogP contribution is 2.33. The minimum Gasteiger partial charge on any atom is -0.481 e. The van der Waals surface area contributed by atoms with Crippen molar-refractivity contribution in [1.29, 1.82) is 0 Å². The largest absolute Gasteiger partial charge is 0.481 e. The molecule has 1 aliphatic carbocycles. The summed E-state index contributed by atoms with van der Waals surface area (Å²) in [6.07, 6.45) is 2.75. The molecule has 0 heterocycles. The molecule has 2 rings (SSSR count). The molecule has 0 bridgehead atoms. The highest BCUT2D eigenvalue weighted by molar-refractivity contribution is 5.96. The topological polar surface area (TPSA) is 95.5 Å². The molecule has 0 saturated heterocycles. The van der Waals surface area contributed by atoms with Crippen molar-refractivity contribution in [3.63, 3.8) is 0 Å². The Hall–Kier alpha value is -2.44. The van der Waals surface area contributed by atoms with E-state index in [9.17, 15) is 23.9 Å². The highest BCUT2D eigenvalue weighted by atomic mass is 19.1. The lowest BCUT2D eigenvalue weighted by Crippen LogP contribution is -2.57. The first kappa shape index (κ1) is 17.9. The number of benzene rings is 1. The molecule has 1 aliphatic rings. The maximum Gasteiger partial charge on any atom is 0.308 e. The van der Waals surface area contributed by atoms with Gasteiger partial charge < -0.3 is 15.7 Å². The molecule has 1 saturated carbocycles. The van der Waals surface area contributed by atoms with Crippen LogP contribution in [0.15, 0.2) is 24.3 Å². The van der Waals surface area contributed by atoms with Crippen LogP contribution in [0, 0.1) is 11.7 Å². The fourth-order valence-corrected chi connectivity index (χ4v) is 3.13. The fourth-order valence-electron chi connectivity index (χ4n) is 3.13. The summed E-state index contributed by atoms with van der Waals surface area (Å²) in [7, 11) is 0. The van der Waals surface area contributed by atoms with Gasteiger partial charge in [-0.1, -0.05) is 18.9 Å². The molecule has 2 atom stereocenters. The normalized spacial score (nSPS) is 23.3. The maximum atomic E-state index is 13.1. The Bertz CT molecular complexity index is 649. The summed E-state index contributed by atoms with van der Waals surface area (Å²) < 4.78 is 13.1. The number of nitrogens with one attached hydrogen (secondary N) is 2. The van der Waals surface area contributed by atoms with E-state index in [-0.39, 0.29) is 12.1 Å². The lowest BCUT2D eigenvalue weighted by molar-refractivity contribution is -0.146. The Labute approximate surface area is 139 Å². The molecular formula is C17H21FN2O4. The molecule has 130 valence electrons. The quantitative estimate of drug-likeness (QED) is 0.763. The van der Waals surface area contributed by atoms with Crippen LogP contribution in [0.2, 0.25) is 0 Å². The van der Waals surface area contributed by atoms with Gasteiger partial charge in [-0.2, -0.15) is 0 Å². The second-order valence-corrected chi connectivity index (χ2v) is 6.30. The van der Waals surface area contributed by atoms with E-state index in [4.69, 9.17) is 0 Å². The van der Waals surface area contributed by atoms with Crippen LogP contribution < -0.4 is 10.6 Å². The Balaban J connectivity index is 1.92. The van der Waals surface area contributed by atoms with Gasteiger partial charge in [-0.3, -0.25) is 14.4 Å². The average molecular weight is 336 g/mol. The zero-order chi connectivity index (χ0) is 17.7. The molecule has 1 aromatic carbocycles. The number of halogens is 1. The van der Waals surface area contributed by atoms with E-state index in [0.717, 1.165) is 18.9 Å². The average Bonchev–Trinajstić information content (AvgIpc) is 2.52. The van der Waals surface area contributed by atoms with Gasteiger partial charge in [0.25, 0.3) is 5.91 Å². The zero-order valence-electron chi connectivity index (χ0n) is 13.5. The molecular weight excluding hydrogens is 315 g/mol. The van der Waals surface area contributed by atoms with Gasteiger partial charge in [0, 0.05) is 5.56 Å². The molecule has 0 aliphatic heterocycles. The van der Waals surface area contributed by atoms with Gasteiger partial charge in [0.2, 0.25) is 5.91 Å². The van der Waals surface area contributed by atoms with Crippen molar-refractivity contribution in [1.82, 2.24) is 10.6 Å². The number of amides is 2. The van der Waals surface area contributed by atoms with E-state index in [1.54, 1.807) is 6.92 Å². The predicted molar refractivity (Wildman–Crippen MR) is 84.9 cm³/mol. The number of hydrogen-bond acceptors (Lipinski definition) is 3. The van der Waals surface area contributed by atoms with E-state index < -0.39 is 35.1 Å². The number of carbonyl (C=O) groups excluding carboxylic acids is 2. The fraction of sp³-hybridized carbons (Fsp3) is 0.471. The van der Waals surface area contributed by atoms with Crippen molar-refractivity contribution in [2.45, 2.75) is 38.1 Å². The van der Waals surface area contributed by atoms with Crippen LogP contribution >= 0.6 is 0 Å². The molecule has 6 nitrogen and oxygen atoms in total. The monoisotopic (exact) mass is 336 g/mol. The smallest absolute Gasteiger partial charge is 0.308 e. The second kappa shape index (κ2) is 7.42. The maximum absolute atomic E-state index is 13.1. The van der Waals surface area contributed by atoms with Crippen molar-refractivity contribution in [3.8, 4) is 0 Å². The van der Waals surface area contributed by atoms with Crippen LogP contribution in [0.1, 0.15) is 43.0 Å². The summed E-state index contributed by atoms with van der Waals surface area (Å²) in [5, 5.41) is 14.5. The lowest BCUT2D eigenvalue weighted by Gasteiger charge is -2.39. The third-order valence-electron chi connectivity index (χ3n) is 4.43. The number of rotatable bonds is 5. The highest BCUT2D eigenvalue weighted by Gasteiger charge is 2.42. The second-order valence-electron chi connectivity index (χ2n) is 6.30. The first-order chi connectivity index (χ1) is 11.3. The molecule has 1 fully saturated rings. The Kier molecular flexibility index (Phi) is 5.54. The molecule has 0 spiro atoms. The van der Waals surface area contributed by atoms with Crippen LogP contribution in [0.25, 0.3) is 0 Å². The Morgan fingerprint density at radius 1 is 1.33 bits per heavy atom. The van der Waals surface area contributed by atoms with Gasteiger partial charge in [-0.05, 0) is 38.0 Å². The third kappa shape index (κ3) is 4.31. The summed E-state index contributed by atoms with van der Waals surface area (Å²) in [4.78, 5) is 35.4. The third-order valence-corrected chi connectivity index (χ3v) is 4.43. The van der Waals surface area contributed by atoms with Crippen molar-refractivity contribution in [2.75, 3.05) is 6.54 Å². The van der Waals surface area contributed by atoms with Crippen LogP contribution in [0.3, 0.4) is 0 Å². The predicted octanol–water partition coefficient (Wildman–Crippen LogP) is 1.71. The summed E-state index contributed by atoms with van der Waals surface area (Å²) in [6, 6.07) is 5.15. The van der Waals surface area contributed by atoms with E-state index >= 15 is 0 Å². The molecule has 2 unspecified atom stereocenters. The number of hydrogen-bond donors (Lipinski definition) is 3. The van der Waals surface area contributed by atoms with Crippen molar-refractivity contribution in [2.24, 2.45) is 5.92 Å². The molecule has 7 heteroatoms. The standard InChI is InChI=1S/C17H21FN2O4/c1-17(8-3-2-7-13(17)16(23)24)20-14(21)10-19-15(22)11-5-4-6-12(18)9-11/h4-6,9,13H,2-3,7-8,10H2,1H3,(H,19,22)(H,20,21)(H,23,24). The van der Waals surface area contributed by atoms with Crippen molar-refractivity contribution >= 4 is 17.8 Å². The van der Waals surface area contributed by atoms with Gasteiger partial charge in [0.15, 0.2) is 0 Å². The zero-order valence-corrected chi connectivity index (χ0v) is 13.5. The summed E-state index contributed by atoms with van der Waals surface area (Å²) in [5.74, 6) is -3.13. The number of aliphatic carboxylic acids is 1. The summed E-state index contributed by atoms with van der Waals surface area (Å²) in [6.45, 7) is 1.43. The first-order valence-corrected chi connectivity index (χ1v) is 7.89. The van der Waals surface area contributed by atoms with Gasteiger partial charge >= 0.3 is 5.97 Å². The van der Waals surface area contributed by atoms with E-state index in [2.05, 4.69) is 10.6 Å². The van der Waals surface area contributed by atoms with Crippen LogP contribution in [-0.2, 0) is 9.59 Å². The van der Waals surface area contributed by atoms with Crippen LogP contribution in [0.5, 0.6) is 0 Å². The van der Waals surface area contributed by atoms with E-state index in [0.29, 0.717) is 12.8 Å². The summed E-state index contributed by atoms with van der Waals surface area (Å²) in [5.41, 5.74) is -0.708. The molecule has 2 amide bonds. The van der Waals surface area contributed by atoms with E-state index in [1.807, 2.05) is 0 Å². The number of carboxylic acids is 1. The molecule has 24 heavy (non-hydrogen) atoms. The van der Waals surface area contributed by atoms with Crippen molar-refractivity contribution in [3.05, 3.63) is 35.6 Å². The molecule has 1 aromatic rings. The Morgan fingerprint density at radius 3 is 2.75 bits per heavy atom. The van der Waals surface area contributed by atoms with Gasteiger partial charge in [0.05, 0.1) is 18.0 Å². The van der Waals surface area contributed by atoms with Crippen LogP contribution in [0.4, 0.5) is 4.39 Å². The Morgan fingerprint density at radius 2 is 2.08 bits per heavy atom. The molecule has 3 N–H and O–H groups in total. The van der Waals surface area contributed by atoms with Gasteiger partial charge in [-0.15, -0.1) is 0 Å². The van der Waals surface area contributed by atoms with Crippen LogP contribution in [-0.4, -0.2) is 35.0 Å². The number of carbonyl (C=O) groups is 3. The van der Waals surface area contributed by atoms with Gasteiger partial charge in [0.1, 0.15) is 5.82 Å². The number of carboxylic acid groups (broad SMARTS) is 1. The van der Waals surface area contributed by atoms with Crippen molar-refractivity contribution < 1.29 is 23.9 Å².